The van der Waals surface area contributed by atoms with Crippen LogP contribution < -0.4 is 19.1 Å². The van der Waals surface area contributed by atoms with Crippen LogP contribution in [-0.4, -0.2) is 44.1 Å². The summed E-state index contributed by atoms with van der Waals surface area (Å²) < 4.78 is 22.8. The van der Waals surface area contributed by atoms with E-state index < -0.39 is 6.04 Å². The maximum Gasteiger partial charge on any atom is 0.295 e. The molecule has 1 aromatic carbocycles. The molecule has 5 rings (SSSR count). The molecule has 178 valence electrons. The van der Waals surface area contributed by atoms with E-state index in [1.165, 1.54) is 21.3 Å². The Labute approximate surface area is 198 Å². The summed E-state index contributed by atoms with van der Waals surface area (Å²) in [7, 11) is 4.60. The molecular formula is C26H28N2O6. The van der Waals surface area contributed by atoms with Crippen LogP contribution in [0.3, 0.4) is 0 Å². The Balaban J connectivity index is 1.71. The van der Waals surface area contributed by atoms with Gasteiger partial charge < -0.3 is 18.9 Å². The van der Waals surface area contributed by atoms with Crippen LogP contribution in [0.5, 0.6) is 17.2 Å². The predicted octanol–water partition coefficient (Wildman–Crippen LogP) is 3.92. The van der Waals surface area contributed by atoms with Gasteiger partial charge in [0.2, 0.25) is 5.75 Å². The van der Waals surface area contributed by atoms with Crippen molar-refractivity contribution >= 4 is 17.5 Å². The molecule has 34 heavy (non-hydrogen) atoms. The van der Waals surface area contributed by atoms with E-state index in [4.69, 9.17) is 18.9 Å². The first kappa shape index (κ1) is 22.3. The molecule has 8 nitrogen and oxygen atoms in total. The summed E-state index contributed by atoms with van der Waals surface area (Å²) in [6.45, 7) is 1.86. The van der Waals surface area contributed by atoms with Gasteiger partial charge in [-0.05, 0) is 56.0 Å². The lowest BCUT2D eigenvalue weighted by Gasteiger charge is -2.35. The number of fused-ring (bicyclic) bond motifs is 1. The molecule has 1 fully saturated rings. The monoisotopic (exact) mass is 464 g/mol. The van der Waals surface area contributed by atoms with E-state index in [1.54, 1.807) is 23.1 Å². The quantitative estimate of drug-likeness (QED) is 0.663. The average Bonchev–Trinajstić information content (AvgIpc) is 3.15. The van der Waals surface area contributed by atoms with E-state index in [0.29, 0.717) is 34.2 Å². The number of ether oxygens (including phenoxy) is 4. The van der Waals surface area contributed by atoms with Crippen molar-refractivity contribution in [1.29, 1.82) is 0 Å². The number of ketones is 1. The number of nitrogens with zero attached hydrogens (tertiary/aromatic N) is 2. The first-order chi connectivity index (χ1) is 16.5. The van der Waals surface area contributed by atoms with Gasteiger partial charge in [0.25, 0.3) is 5.91 Å². The average molecular weight is 465 g/mol. The van der Waals surface area contributed by atoms with Crippen molar-refractivity contribution in [2.45, 2.75) is 44.8 Å². The molecule has 0 N–H and O–H groups in total. The molecule has 3 heterocycles. The third-order valence-electron chi connectivity index (χ3n) is 6.89. The van der Waals surface area contributed by atoms with Crippen LogP contribution in [0, 0.1) is 12.8 Å². The fourth-order valence-corrected chi connectivity index (χ4v) is 5.32. The zero-order chi connectivity index (χ0) is 24.0. The minimum absolute atomic E-state index is 0.0202. The zero-order valence-electron chi connectivity index (χ0n) is 19.8. The Morgan fingerprint density at radius 3 is 2.35 bits per heavy atom. The van der Waals surface area contributed by atoms with E-state index in [2.05, 4.69) is 4.98 Å². The van der Waals surface area contributed by atoms with Crippen molar-refractivity contribution < 1.29 is 28.5 Å². The van der Waals surface area contributed by atoms with E-state index in [-0.39, 0.29) is 29.5 Å². The van der Waals surface area contributed by atoms with Crippen molar-refractivity contribution in [2.24, 2.45) is 5.92 Å². The first-order valence-electron chi connectivity index (χ1n) is 11.5. The highest BCUT2D eigenvalue weighted by Gasteiger charge is 2.53. The molecule has 3 aliphatic rings. The van der Waals surface area contributed by atoms with Gasteiger partial charge in [0.1, 0.15) is 11.9 Å². The van der Waals surface area contributed by atoms with Crippen LogP contribution in [0.15, 0.2) is 41.7 Å². The summed E-state index contributed by atoms with van der Waals surface area (Å²) in [6, 6.07) is 8.31. The Bertz CT molecular complexity index is 1160. The number of carbonyl (C=O) groups excluding carboxylic acids is 2. The SMILES string of the molecule is COc1cc(C2C3=C(OC4CCCCC4C3=O)C(=O)N2c2cccc(C)n2)cc(OC)c1OC. The molecule has 3 unspecified atom stereocenters. The lowest BCUT2D eigenvalue weighted by atomic mass is 9.77. The molecule has 2 aromatic rings. The van der Waals surface area contributed by atoms with Gasteiger partial charge in [-0.1, -0.05) is 12.5 Å². The molecule has 0 radical (unpaired) electrons. The van der Waals surface area contributed by atoms with E-state index in [0.717, 1.165) is 31.4 Å². The van der Waals surface area contributed by atoms with Crippen LogP contribution in [0.1, 0.15) is 43.0 Å². The van der Waals surface area contributed by atoms with Gasteiger partial charge in [0.15, 0.2) is 23.0 Å². The number of carbonyl (C=O) groups is 2. The second-order valence-electron chi connectivity index (χ2n) is 8.83. The molecule has 0 saturated heterocycles. The molecule has 0 spiro atoms. The largest absolute Gasteiger partial charge is 0.493 e. The molecular weight excluding hydrogens is 436 g/mol. The van der Waals surface area contributed by atoms with Gasteiger partial charge in [-0.3, -0.25) is 14.5 Å². The molecule has 1 saturated carbocycles. The standard InChI is InChI=1S/C26H28N2O6/c1-14-8-7-11-20(27-14)28-22(15-12-18(31-2)24(33-4)19(13-15)32-3)21-23(29)16-9-5-6-10-17(16)34-25(21)26(28)30/h7-8,11-13,16-17,22H,5-6,9-10H2,1-4H3. The fraction of sp³-hybridized carbons (Fsp3) is 0.423. The number of Topliss-reactive ketones (excluding diaryl/α,β-unsaturated/α-hetero) is 1. The summed E-state index contributed by atoms with van der Waals surface area (Å²) in [5.74, 6) is 1.29. The van der Waals surface area contributed by atoms with Gasteiger partial charge in [0.05, 0.1) is 38.9 Å². The highest BCUT2D eigenvalue weighted by molar-refractivity contribution is 6.17. The third kappa shape index (κ3) is 3.40. The number of methoxy groups -OCH3 is 3. The summed E-state index contributed by atoms with van der Waals surface area (Å²) in [6.07, 6.45) is 3.25. The topological polar surface area (TPSA) is 87.2 Å². The van der Waals surface area contributed by atoms with E-state index >= 15 is 0 Å². The number of aromatic nitrogens is 1. The lowest BCUT2D eigenvalue weighted by Crippen LogP contribution is -2.39. The van der Waals surface area contributed by atoms with Crippen LogP contribution in [0.2, 0.25) is 0 Å². The summed E-state index contributed by atoms with van der Waals surface area (Å²) >= 11 is 0. The number of pyridine rings is 1. The number of anilines is 1. The molecule has 0 bridgehead atoms. The van der Waals surface area contributed by atoms with Crippen LogP contribution >= 0.6 is 0 Å². The van der Waals surface area contributed by atoms with Crippen LogP contribution in [-0.2, 0) is 14.3 Å². The van der Waals surface area contributed by atoms with Gasteiger partial charge >= 0.3 is 0 Å². The van der Waals surface area contributed by atoms with Crippen LogP contribution in [0.4, 0.5) is 5.82 Å². The summed E-state index contributed by atoms with van der Waals surface area (Å²) in [5.41, 5.74) is 1.80. The smallest absolute Gasteiger partial charge is 0.295 e. The van der Waals surface area contributed by atoms with Gasteiger partial charge in [-0.25, -0.2) is 4.98 Å². The Hall–Kier alpha value is -3.55. The fourth-order valence-electron chi connectivity index (χ4n) is 5.32. The third-order valence-corrected chi connectivity index (χ3v) is 6.89. The first-order valence-corrected chi connectivity index (χ1v) is 11.5. The zero-order valence-corrected chi connectivity index (χ0v) is 19.8. The number of rotatable bonds is 5. The maximum atomic E-state index is 13.8. The van der Waals surface area contributed by atoms with Crippen molar-refractivity contribution in [3.05, 3.63) is 52.9 Å². The normalized spacial score (nSPS) is 23.9. The van der Waals surface area contributed by atoms with Gasteiger partial charge in [-0.15, -0.1) is 0 Å². The van der Waals surface area contributed by atoms with Crippen molar-refractivity contribution in [3.8, 4) is 17.2 Å². The molecule has 3 atom stereocenters. The minimum Gasteiger partial charge on any atom is -0.493 e. The van der Waals surface area contributed by atoms with Crippen molar-refractivity contribution in [2.75, 3.05) is 26.2 Å². The van der Waals surface area contributed by atoms with Crippen molar-refractivity contribution in [3.63, 3.8) is 0 Å². The van der Waals surface area contributed by atoms with Gasteiger partial charge in [-0.2, -0.15) is 0 Å². The molecule has 1 amide bonds. The highest BCUT2D eigenvalue weighted by Crippen LogP contribution is 2.50. The number of hydrogen-bond donors (Lipinski definition) is 0. The number of aryl methyl sites for hydroxylation is 1. The number of hydrogen-bond acceptors (Lipinski definition) is 7. The summed E-state index contributed by atoms with van der Waals surface area (Å²) in [4.78, 5) is 33.7. The van der Waals surface area contributed by atoms with E-state index in [1.807, 2.05) is 19.1 Å². The number of benzene rings is 1. The Morgan fingerprint density at radius 1 is 1.00 bits per heavy atom. The summed E-state index contributed by atoms with van der Waals surface area (Å²) in [5, 5.41) is 0. The second-order valence-corrected chi connectivity index (χ2v) is 8.83. The van der Waals surface area contributed by atoms with Gasteiger partial charge in [0, 0.05) is 5.69 Å². The van der Waals surface area contributed by atoms with Crippen molar-refractivity contribution in [1.82, 2.24) is 4.98 Å². The Morgan fingerprint density at radius 2 is 1.71 bits per heavy atom. The molecule has 1 aliphatic carbocycles. The minimum atomic E-state index is -0.721. The Kier molecular flexibility index (Phi) is 5.67. The maximum absolute atomic E-state index is 13.8. The predicted molar refractivity (Wildman–Crippen MR) is 124 cm³/mol. The highest BCUT2D eigenvalue weighted by atomic mass is 16.5. The molecule has 2 aliphatic heterocycles. The number of amides is 1. The van der Waals surface area contributed by atoms with Crippen LogP contribution in [0.25, 0.3) is 0 Å². The molecule has 1 aromatic heterocycles. The second kappa shape index (κ2) is 8.66. The van der Waals surface area contributed by atoms with E-state index in [9.17, 15) is 9.59 Å². The lowest BCUT2D eigenvalue weighted by molar-refractivity contribution is -0.131. The molecule has 8 heteroatoms.